The summed E-state index contributed by atoms with van der Waals surface area (Å²) >= 11 is 6.16. The Morgan fingerprint density at radius 1 is 0.969 bits per heavy atom. The molecule has 1 atom stereocenters. The van der Waals surface area contributed by atoms with Crippen LogP contribution in [-0.4, -0.2) is 29.9 Å². The third kappa shape index (κ3) is 6.22. The molecule has 3 aromatic carbocycles. The van der Waals surface area contributed by atoms with Gasteiger partial charge in [-0.15, -0.1) is 6.58 Å². The number of nitrogens with one attached hydrogen (secondary N) is 1. The molecule has 0 aliphatic carbocycles. The lowest BCUT2D eigenvalue weighted by molar-refractivity contribution is -0.143. The first-order chi connectivity index (χ1) is 15.6. The minimum Gasteiger partial charge on any atom is -0.482 e. The minimum absolute atomic E-state index is 0.243. The molecule has 6 heteroatoms. The summed E-state index contributed by atoms with van der Waals surface area (Å²) in [4.78, 5) is 28.1. The van der Waals surface area contributed by atoms with Gasteiger partial charge in [0.1, 0.15) is 11.8 Å². The molecule has 5 nitrogen and oxygen atoms in total. The van der Waals surface area contributed by atoms with Crippen LogP contribution in [0.5, 0.6) is 5.75 Å². The van der Waals surface area contributed by atoms with Crippen molar-refractivity contribution in [2.45, 2.75) is 12.6 Å². The molecule has 0 radical (unpaired) electrons. The van der Waals surface area contributed by atoms with E-state index in [0.717, 1.165) is 5.56 Å². The molecular weight excluding hydrogens is 424 g/mol. The summed E-state index contributed by atoms with van der Waals surface area (Å²) in [7, 11) is 0. The number of benzene rings is 3. The van der Waals surface area contributed by atoms with E-state index in [1.54, 1.807) is 30.3 Å². The molecule has 3 rings (SSSR count). The fourth-order valence-corrected chi connectivity index (χ4v) is 3.46. The van der Waals surface area contributed by atoms with Gasteiger partial charge in [0.25, 0.3) is 5.91 Å². The molecule has 0 fully saturated rings. The van der Waals surface area contributed by atoms with Gasteiger partial charge in [-0.25, -0.2) is 0 Å². The van der Waals surface area contributed by atoms with Crippen molar-refractivity contribution in [2.24, 2.45) is 0 Å². The third-order valence-corrected chi connectivity index (χ3v) is 5.11. The van der Waals surface area contributed by atoms with Crippen LogP contribution < -0.4 is 10.1 Å². The van der Waals surface area contributed by atoms with Crippen molar-refractivity contribution in [3.63, 3.8) is 0 Å². The maximum atomic E-state index is 13.4. The van der Waals surface area contributed by atoms with Gasteiger partial charge >= 0.3 is 0 Å². The Balaban J connectivity index is 1.92. The number of carbonyl (C=O) groups is 2. The molecule has 1 unspecified atom stereocenters. The lowest BCUT2D eigenvalue weighted by Crippen LogP contribution is -2.45. The molecule has 0 spiro atoms. The van der Waals surface area contributed by atoms with E-state index in [4.69, 9.17) is 16.3 Å². The van der Waals surface area contributed by atoms with Crippen molar-refractivity contribution in [3.05, 3.63) is 114 Å². The Morgan fingerprint density at radius 3 is 2.25 bits per heavy atom. The van der Waals surface area contributed by atoms with Gasteiger partial charge in [-0.1, -0.05) is 90.5 Å². The van der Waals surface area contributed by atoms with Gasteiger partial charge in [-0.3, -0.25) is 9.59 Å². The summed E-state index contributed by atoms with van der Waals surface area (Å²) in [6, 6.07) is 24.9. The predicted molar refractivity (Wildman–Crippen MR) is 126 cm³/mol. The molecule has 0 aromatic heterocycles. The first-order valence-corrected chi connectivity index (χ1v) is 10.6. The fourth-order valence-electron chi connectivity index (χ4n) is 3.27. The third-order valence-electron chi connectivity index (χ3n) is 4.80. The molecular formula is C26H25ClN2O3. The van der Waals surface area contributed by atoms with E-state index in [0.29, 0.717) is 22.9 Å². The summed E-state index contributed by atoms with van der Waals surface area (Å²) in [5.74, 6) is -0.218. The van der Waals surface area contributed by atoms with Gasteiger partial charge in [0.2, 0.25) is 5.91 Å². The van der Waals surface area contributed by atoms with Crippen LogP contribution in [0, 0.1) is 0 Å². The summed E-state index contributed by atoms with van der Waals surface area (Å²) in [5, 5.41) is 3.24. The van der Waals surface area contributed by atoms with E-state index in [-0.39, 0.29) is 25.0 Å². The second-order valence-electron chi connectivity index (χ2n) is 7.07. The predicted octanol–water partition coefficient (Wildman–Crippen LogP) is 4.79. The standard InChI is InChI=1S/C26H25ClN2O3/c1-2-17-28-26(31)25(21-13-7-4-8-14-21)29(18-20-11-5-3-6-12-20)24(30)19-32-23-16-10-9-15-22(23)27/h2-16,25H,1,17-19H2,(H,28,31). The Labute approximate surface area is 193 Å². The van der Waals surface area contributed by atoms with Crippen molar-refractivity contribution in [2.75, 3.05) is 13.2 Å². The highest BCUT2D eigenvalue weighted by molar-refractivity contribution is 6.32. The van der Waals surface area contributed by atoms with Crippen molar-refractivity contribution >= 4 is 23.4 Å². The van der Waals surface area contributed by atoms with Crippen molar-refractivity contribution in [1.29, 1.82) is 0 Å². The first-order valence-electron chi connectivity index (χ1n) is 10.2. The molecule has 0 aliphatic heterocycles. The number of halogens is 1. The van der Waals surface area contributed by atoms with Crippen molar-refractivity contribution in [3.8, 4) is 5.75 Å². The van der Waals surface area contributed by atoms with Crippen LogP contribution in [0.15, 0.2) is 97.6 Å². The number of para-hydroxylation sites is 1. The van der Waals surface area contributed by atoms with E-state index in [2.05, 4.69) is 11.9 Å². The highest BCUT2D eigenvalue weighted by Crippen LogP contribution is 2.26. The summed E-state index contributed by atoms with van der Waals surface area (Å²) < 4.78 is 5.69. The van der Waals surface area contributed by atoms with Crippen LogP contribution in [0.4, 0.5) is 0 Å². The van der Waals surface area contributed by atoms with E-state index in [9.17, 15) is 9.59 Å². The molecule has 32 heavy (non-hydrogen) atoms. The minimum atomic E-state index is -0.835. The Morgan fingerprint density at radius 2 is 1.59 bits per heavy atom. The monoisotopic (exact) mass is 448 g/mol. The van der Waals surface area contributed by atoms with Crippen LogP contribution in [0.1, 0.15) is 17.2 Å². The number of ether oxygens (including phenoxy) is 1. The van der Waals surface area contributed by atoms with Gasteiger partial charge < -0.3 is 15.0 Å². The van der Waals surface area contributed by atoms with E-state index in [1.807, 2.05) is 60.7 Å². The molecule has 0 saturated heterocycles. The SMILES string of the molecule is C=CCNC(=O)C(c1ccccc1)N(Cc1ccccc1)C(=O)COc1ccccc1Cl. The molecule has 3 aromatic rings. The quantitative estimate of drug-likeness (QED) is 0.453. The maximum absolute atomic E-state index is 13.4. The Hall–Kier alpha value is -3.57. The highest BCUT2D eigenvalue weighted by atomic mass is 35.5. The first kappa shape index (κ1) is 23.1. The van der Waals surface area contributed by atoms with Gasteiger partial charge in [-0.05, 0) is 23.3 Å². The van der Waals surface area contributed by atoms with Crippen molar-refractivity contribution in [1.82, 2.24) is 10.2 Å². The van der Waals surface area contributed by atoms with E-state index in [1.165, 1.54) is 4.90 Å². The van der Waals surface area contributed by atoms with Crippen LogP contribution >= 0.6 is 11.6 Å². The zero-order valence-electron chi connectivity index (χ0n) is 17.6. The average Bonchev–Trinajstić information content (AvgIpc) is 2.83. The second-order valence-corrected chi connectivity index (χ2v) is 7.48. The number of amides is 2. The van der Waals surface area contributed by atoms with E-state index < -0.39 is 6.04 Å². The number of hydrogen-bond donors (Lipinski definition) is 1. The molecule has 1 N–H and O–H groups in total. The summed E-state index contributed by atoms with van der Waals surface area (Å²) in [6.45, 7) is 3.94. The lowest BCUT2D eigenvalue weighted by atomic mass is 10.0. The lowest BCUT2D eigenvalue weighted by Gasteiger charge is -2.31. The van der Waals surface area contributed by atoms with E-state index >= 15 is 0 Å². The van der Waals surface area contributed by atoms with Gasteiger partial charge in [0.15, 0.2) is 6.61 Å². The molecule has 0 aliphatic rings. The Bertz CT molecular complexity index is 1040. The van der Waals surface area contributed by atoms with Crippen molar-refractivity contribution < 1.29 is 14.3 Å². The van der Waals surface area contributed by atoms with Crippen LogP contribution in [-0.2, 0) is 16.1 Å². The molecule has 0 heterocycles. The highest BCUT2D eigenvalue weighted by Gasteiger charge is 2.31. The fraction of sp³-hybridized carbons (Fsp3) is 0.154. The smallest absolute Gasteiger partial charge is 0.261 e. The number of nitrogens with zero attached hydrogens (tertiary/aromatic N) is 1. The van der Waals surface area contributed by atoms with Gasteiger partial charge in [0, 0.05) is 13.1 Å². The average molecular weight is 449 g/mol. The van der Waals surface area contributed by atoms with Crippen LogP contribution in [0.25, 0.3) is 0 Å². The zero-order valence-corrected chi connectivity index (χ0v) is 18.4. The molecule has 0 saturated carbocycles. The largest absolute Gasteiger partial charge is 0.482 e. The summed E-state index contributed by atoms with van der Waals surface area (Å²) in [6.07, 6.45) is 1.60. The number of carbonyl (C=O) groups excluding carboxylic acids is 2. The molecule has 0 bridgehead atoms. The van der Waals surface area contributed by atoms with Gasteiger partial charge in [0.05, 0.1) is 5.02 Å². The number of hydrogen-bond acceptors (Lipinski definition) is 3. The maximum Gasteiger partial charge on any atom is 0.261 e. The molecule has 2 amide bonds. The normalized spacial score (nSPS) is 11.3. The molecule has 164 valence electrons. The zero-order chi connectivity index (χ0) is 22.8. The van der Waals surface area contributed by atoms with Crippen LogP contribution in [0.2, 0.25) is 5.02 Å². The summed E-state index contributed by atoms with van der Waals surface area (Å²) in [5.41, 5.74) is 1.60. The number of rotatable bonds is 10. The second kappa shape index (κ2) is 11.7. The Kier molecular flexibility index (Phi) is 8.46. The topological polar surface area (TPSA) is 58.6 Å². The van der Waals surface area contributed by atoms with Crippen LogP contribution in [0.3, 0.4) is 0 Å². The van der Waals surface area contributed by atoms with Gasteiger partial charge in [-0.2, -0.15) is 0 Å².